The lowest BCUT2D eigenvalue weighted by molar-refractivity contribution is 0.639. The molecule has 0 saturated carbocycles. The first-order valence-electron chi connectivity index (χ1n) is 13.2. The monoisotopic (exact) mass is 477 g/mol. The number of hydrogen-bond donors (Lipinski definition) is 2. The van der Waals surface area contributed by atoms with Crippen LogP contribution in [-0.2, 0) is 0 Å². The second kappa shape index (κ2) is 11.1. The number of fused-ring (bicyclic) bond motifs is 1. The average molecular weight is 478 g/mol. The molecule has 0 aliphatic carbocycles. The van der Waals surface area contributed by atoms with E-state index in [2.05, 4.69) is 95.0 Å². The standard InChI is InChI=1S/C29H43N5O/c1-10-18(6)24-25(19(7)11-2)31-28-27(26(20(8)12-3)32-34(28)29(24)35)30-23-16-15-22(17-21(23)9)33(13-4)14-5/h12,15-19,30,32H,10-11,13-14H2,1-9H3/b20-12+. The molecule has 0 saturated heterocycles. The normalized spacial score (nSPS) is 13.8. The zero-order valence-electron chi connectivity index (χ0n) is 23.0. The minimum absolute atomic E-state index is 0.00598. The van der Waals surface area contributed by atoms with Crippen LogP contribution in [0.2, 0.25) is 0 Å². The molecule has 2 heterocycles. The molecule has 3 rings (SSSR count). The number of H-pyrrole nitrogens is 1. The van der Waals surface area contributed by atoms with Gasteiger partial charge in [0.25, 0.3) is 5.56 Å². The van der Waals surface area contributed by atoms with Gasteiger partial charge in [-0.1, -0.05) is 33.8 Å². The van der Waals surface area contributed by atoms with Gasteiger partial charge in [-0.3, -0.25) is 9.89 Å². The first-order valence-corrected chi connectivity index (χ1v) is 13.2. The Balaban J connectivity index is 2.26. The predicted molar refractivity (Wildman–Crippen MR) is 151 cm³/mol. The first-order chi connectivity index (χ1) is 16.7. The van der Waals surface area contributed by atoms with E-state index < -0.39 is 0 Å². The molecule has 190 valence electrons. The lowest BCUT2D eigenvalue weighted by Gasteiger charge is -2.22. The Labute approximate surface area is 210 Å². The highest BCUT2D eigenvalue weighted by Gasteiger charge is 2.25. The van der Waals surface area contributed by atoms with Crippen molar-refractivity contribution in [1.82, 2.24) is 14.6 Å². The molecule has 2 atom stereocenters. The van der Waals surface area contributed by atoms with Crippen LogP contribution in [0.4, 0.5) is 17.1 Å². The molecule has 1 aromatic carbocycles. The Bertz CT molecular complexity index is 1260. The largest absolute Gasteiger partial charge is 0.372 e. The van der Waals surface area contributed by atoms with Crippen LogP contribution in [0.1, 0.15) is 103 Å². The number of aromatic amines is 1. The summed E-state index contributed by atoms with van der Waals surface area (Å²) >= 11 is 0. The van der Waals surface area contributed by atoms with Crippen molar-refractivity contribution in [2.75, 3.05) is 23.3 Å². The van der Waals surface area contributed by atoms with Crippen LogP contribution in [0.15, 0.2) is 29.1 Å². The van der Waals surface area contributed by atoms with Crippen molar-refractivity contribution in [3.05, 3.63) is 57.1 Å². The van der Waals surface area contributed by atoms with Crippen LogP contribution in [0, 0.1) is 6.92 Å². The van der Waals surface area contributed by atoms with Crippen molar-refractivity contribution in [3.63, 3.8) is 0 Å². The number of aryl methyl sites for hydroxylation is 1. The molecule has 0 bridgehead atoms. The lowest BCUT2D eigenvalue weighted by atomic mass is 9.91. The van der Waals surface area contributed by atoms with E-state index in [0.717, 1.165) is 65.4 Å². The van der Waals surface area contributed by atoms with Gasteiger partial charge in [0.05, 0.1) is 11.4 Å². The molecule has 2 N–H and O–H groups in total. The van der Waals surface area contributed by atoms with E-state index in [1.54, 1.807) is 4.52 Å². The van der Waals surface area contributed by atoms with Crippen molar-refractivity contribution in [1.29, 1.82) is 0 Å². The summed E-state index contributed by atoms with van der Waals surface area (Å²) in [7, 11) is 0. The number of hydrogen-bond acceptors (Lipinski definition) is 4. The number of nitrogens with one attached hydrogen (secondary N) is 2. The van der Waals surface area contributed by atoms with Crippen molar-refractivity contribution in [2.24, 2.45) is 0 Å². The minimum atomic E-state index is 0.00598. The molecular formula is C29H43N5O. The average Bonchev–Trinajstić information content (AvgIpc) is 3.23. The fraction of sp³-hybridized carbons (Fsp3) is 0.517. The molecule has 6 heteroatoms. The smallest absolute Gasteiger partial charge is 0.276 e. The molecule has 35 heavy (non-hydrogen) atoms. The van der Waals surface area contributed by atoms with E-state index in [1.165, 1.54) is 5.69 Å². The van der Waals surface area contributed by atoms with Crippen LogP contribution in [0.5, 0.6) is 0 Å². The fourth-order valence-electron chi connectivity index (χ4n) is 4.59. The number of benzene rings is 1. The Hall–Kier alpha value is -3.02. The highest BCUT2D eigenvalue weighted by Crippen LogP contribution is 2.34. The van der Waals surface area contributed by atoms with Crippen LogP contribution in [-0.4, -0.2) is 27.7 Å². The number of nitrogens with zero attached hydrogens (tertiary/aromatic N) is 3. The molecule has 0 fully saturated rings. The van der Waals surface area contributed by atoms with E-state index >= 15 is 0 Å². The van der Waals surface area contributed by atoms with Crippen LogP contribution < -0.4 is 15.8 Å². The van der Waals surface area contributed by atoms with E-state index in [0.29, 0.717) is 5.65 Å². The quantitative estimate of drug-likeness (QED) is 0.320. The van der Waals surface area contributed by atoms with E-state index in [4.69, 9.17) is 4.98 Å². The predicted octanol–water partition coefficient (Wildman–Crippen LogP) is 7.37. The molecule has 0 radical (unpaired) electrons. The Morgan fingerprint density at radius 1 is 1.14 bits per heavy atom. The molecule has 2 unspecified atom stereocenters. The lowest BCUT2D eigenvalue weighted by Crippen LogP contribution is -2.25. The van der Waals surface area contributed by atoms with Gasteiger partial charge >= 0.3 is 0 Å². The third-order valence-corrected chi connectivity index (χ3v) is 7.45. The number of anilines is 3. The number of rotatable bonds is 10. The maximum atomic E-state index is 13.8. The third-order valence-electron chi connectivity index (χ3n) is 7.45. The molecular weight excluding hydrogens is 434 g/mol. The van der Waals surface area contributed by atoms with Gasteiger partial charge in [-0.25, -0.2) is 4.98 Å². The van der Waals surface area contributed by atoms with Crippen molar-refractivity contribution in [2.45, 2.75) is 87.0 Å². The molecule has 0 spiro atoms. The maximum absolute atomic E-state index is 13.8. The van der Waals surface area contributed by atoms with Gasteiger partial charge < -0.3 is 10.2 Å². The van der Waals surface area contributed by atoms with E-state index in [9.17, 15) is 4.79 Å². The van der Waals surface area contributed by atoms with Gasteiger partial charge in [-0.2, -0.15) is 4.52 Å². The molecule has 2 aromatic heterocycles. The maximum Gasteiger partial charge on any atom is 0.276 e. The second-order valence-corrected chi connectivity index (χ2v) is 9.62. The van der Waals surface area contributed by atoms with Crippen molar-refractivity contribution in [3.8, 4) is 0 Å². The zero-order valence-corrected chi connectivity index (χ0v) is 23.0. The van der Waals surface area contributed by atoms with E-state index in [1.807, 2.05) is 6.92 Å². The Kier molecular flexibility index (Phi) is 8.47. The van der Waals surface area contributed by atoms with Crippen molar-refractivity contribution >= 4 is 28.3 Å². The van der Waals surface area contributed by atoms with Gasteiger partial charge in [0.15, 0.2) is 5.65 Å². The summed E-state index contributed by atoms with van der Waals surface area (Å²) in [5.41, 5.74) is 8.59. The summed E-state index contributed by atoms with van der Waals surface area (Å²) in [6, 6.07) is 6.50. The van der Waals surface area contributed by atoms with E-state index in [-0.39, 0.29) is 17.4 Å². The SMILES string of the molecule is C/C=C(\C)c1[nH]n2c(=O)c(C(C)CC)c(C(C)CC)nc2c1Nc1ccc(N(CC)CC)cc1C. The Morgan fingerprint density at radius 2 is 1.80 bits per heavy atom. The third kappa shape index (κ3) is 5.02. The van der Waals surface area contributed by atoms with Gasteiger partial charge in [-0.05, 0) is 88.6 Å². The molecule has 0 aliphatic heterocycles. The number of aromatic nitrogens is 3. The topological polar surface area (TPSA) is 65.4 Å². The van der Waals surface area contributed by atoms with Crippen LogP contribution in [0.25, 0.3) is 11.2 Å². The molecule has 0 aliphatic rings. The highest BCUT2D eigenvalue weighted by atomic mass is 16.1. The Morgan fingerprint density at radius 3 is 2.34 bits per heavy atom. The van der Waals surface area contributed by atoms with Gasteiger partial charge in [0.2, 0.25) is 0 Å². The second-order valence-electron chi connectivity index (χ2n) is 9.62. The van der Waals surface area contributed by atoms with Gasteiger partial charge in [0, 0.05) is 30.0 Å². The number of allylic oxidation sites excluding steroid dienone is 2. The van der Waals surface area contributed by atoms with Gasteiger partial charge in [-0.15, -0.1) is 0 Å². The van der Waals surface area contributed by atoms with Gasteiger partial charge in [0.1, 0.15) is 5.69 Å². The summed E-state index contributed by atoms with van der Waals surface area (Å²) < 4.78 is 1.64. The minimum Gasteiger partial charge on any atom is -0.372 e. The van der Waals surface area contributed by atoms with Crippen molar-refractivity contribution < 1.29 is 0 Å². The van der Waals surface area contributed by atoms with Crippen LogP contribution >= 0.6 is 0 Å². The summed E-state index contributed by atoms with van der Waals surface area (Å²) in [5.74, 6) is 0.359. The summed E-state index contributed by atoms with van der Waals surface area (Å²) in [5, 5.41) is 7.02. The summed E-state index contributed by atoms with van der Waals surface area (Å²) in [6.45, 7) is 21.1. The highest BCUT2D eigenvalue weighted by molar-refractivity contribution is 5.86. The summed E-state index contributed by atoms with van der Waals surface area (Å²) in [4.78, 5) is 21.3. The first kappa shape index (κ1) is 26.6. The zero-order chi connectivity index (χ0) is 25.9. The molecule has 0 amide bonds. The van der Waals surface area contributed by atoms with Crippen LogP contribution in [0.3, 0.4) is 0 Å². The molecule has 6 nitrogen and oxygen atoms in total. The fourth-order valence-corrected chi connectivity index (χ4v) is 4.59. The molecule has 3 aromatic rings. The summed E-state index contributed by atoms with van der Waals surface area (Å²) in [6.07, 6.45) is 3.89.